The summed E-state index contributed by atoms with van der Waals surface area (Å²) in [6.07, 6.45) is 0.499. The summed E-state index contributed by atoms with van der Waals surface area (Å²) in [5.74, 6) is 0.122. The van der Waals surface area contributed by atoms with Crippen molar-refractivity contribution in [3.8, 4) is 0 Å². The van der Waals surface area contributed by atoms with Crippen LogP contribution in [0.4, 0.5) is 36.4 Å². The van der Waals surface area contributed by atoms with E-state index in [1.807, 2.05) is 4.90 Å². The highest BCUT2D eigenvalue weighted by Gasteiger charge is 2.33. The zero-order chi connectivity index (χ0) is 23.7. The van der Waals surface area contributed by atoms with Gasteiger partial charge in [-0.15, -0.1) is 0 Å². The number of benzene rings is 1. The van der Waals surface area contributed by atoms with Crippen molar-refractivity contribution in [1.82, 2.24) is 5.16 Å². The van der Waals surface area contributed by atoms with Crippen molar-refractivity contribution in [3.05, 3.63) is 58.6 Å². The van der Waals surface area contributed by atoms with Crippen LogP contribution in [0.5, 0.6) is 0 Å². The van der Waals surface area contributed by atoms with E-state index in [2.05, 4.69) is 15.4 Å². The lowest BCUT2D eigenvalue weighted by atomic mass is 10.2. The fourth-order valence-electron chi connectivity index (χ4n) is 4.03. The molecule has 13 heteroatoms. The molecule has 4 heterocycles. The maximum Gasteiger partial charge on any atom is 0.414 e. The lowest BCUT2D eigenvalue weighted by molar-refractivity contribution is -0.380. The van der Waals surface area contributed by atoms with E-state index in [1.54, 1.807) is 24.3 Å². The first-order valence-corrected chi connectivity index (χ1v) is 11.5. The second kappa shape index (κ2) is 9.17. The number of nitrogens with zero attached hydrogens (tertiary/aromatic N) is 5. The molecule has 5 rings (SSSR count). The highest BCUT2D eigenvalue weighted by atomic mass is 32.1. The van der Waals surface area contributed by atoms with E-state index in [9.17, 15) is 14.9 Å². The summed E-state index contributed by atoms with van der Waals surface area (Å²) in [6.45, 7) is 3.03. The van der Waals surface area contributed by atoms with Gasteiger partial charge in [-0.3, -0.25) is 15.0 Å². The number of piperazine rings is 1. The molecule has 0 unspecified atom stereocenters. The number of ether oxygens (including phenoxy) is 1. The minimum absolute atomic E-state index is 0.107. The fourth-order valence-corrected chi connectivity index (χ4v) is 4.91. The van der Waals surface area contributed by atoms with Crippen molar-refractivity contribution in [2.24, 2.45) is 0 Å². The monoisotopic (exact) mass is 488 g/mol. The molecule has 0 spiro atoms. The third-order valence-electron chi connectivity index (χ3n) is 5.76. The van der Waals surface area contributed by atoms with Crippen molar-refractivity contribution >= 4 is 44.6 Å². The molecule has 1 amide bonds. The number of nitrogens with one attached hydrogen (secondary N) is 1. The van der Waals surface area contributed by atoms with E-state index in [0.29, 0.717) is 49.9 Å². The van der Waals surface area contributed by atoms with Crippen molar-refractivity contribution in [2.75, 3.05) is 59.3 Å². The van der Waals surface area contributed by atoms with E-state index in [1.165, 1.54) is 23.3 Å². The standard InChI is InChI=1S/C21H21FN6O5S/c22-16-11-14(27-13-15(33-21(27)29)12-23-18-5-10-32-24-18)1-2-17(16)25-6-8-26(9-7-25)19-3-4-20(34-19)28(30)31/h1-5,10-11,15H,6-9,12-13H2,(H,23,24)/t15-/m0/s1. The minimum atomic E-state index is -0.530. The van der Waals surface area contributed by atoms with Gasteiger partial charge in [-0.2, -0.15) is 0 Å². The Morgan fingerprint density at radius 1 is 1.18 bits per heavy atom. The normalized spacial score (nSPS) is 18.3. The topological polar surface area (TPSA) is 117 Å². The van der Waals surface area contributed by atoms with Crippen LogP contribution in [-0.2, 0) is 4.74 Å². The van der Waals surface area contributed by atoms with Gasteiger partial charge < -0.3 is 24.4 Å². The quantitative estimate of drug-likeness (QED) is 0.393. The average molecular weight is 489 g/mol. The number of nitro groups is 1. The molecule has 1 aromatic carbocycles. The molecular formula is C21H21FN6O5S. The van der Waals surface area contributed by atoms with Crippen LogP contribution in [0.2, 0.25) is 0 Å². The average Bonchev–Trinajstić information content (AvgIpc) is 3.59. The molecule has 1 N–H and O–H groups in total. The lowest BCUT2D eigenvalue weighted by Crippen LogP contribution is -2.46. The molecular weight excluding hydrogens is 467 g/mol. The Morgan fingerprint density at radius 3 is 2.65 bits per heavy atom. The first kappa shape index (κ1) is 21.9. The Hall–Kier alpha value is -3.87. The number of hydrogen-bond donors (Lipinski definition) is 1. The smallest absolute Gasteiger partial charge is 0.414 e. The van der Waals surface area contributed by atoms with Crippen LogP contribution in [-0.4, -0.2) is 61.5 Å². The van der Waals surface area contributed by atoms with Gasteiger partial charge in [0.25, 0.3) is 0 Å². The molecule has 2 aromatic heterocycles. The van der Waals surface area contributed by atoms with Crippen molar-refractivity contribution in [3.63, 3.8) is 0 Å². The number of halogens is 1. The Balaban J connectivity index is 1.19. The van der Waals surface area contributed by atoms with Crippen LogP contribution in [0.3, 0.4) is 0 Å². The summed E-state index contributed by atoms with van der Waals surface area (Å²) in [7, 11) is 0. The van der Waals surface area contributed by atoms with Crippen LogP contribution < -0.4 is 20.0 Å². The third-order valence-corrected chi connectivity index (χ3v) is 6.85. The molecule has 178 valence electrons. The number of carbonyl (C=O) groups is 1. The number of carbonyl (C=O) groups excluding carboxylic acids is 1. The van der Waals surface area contributed by atoms with Gasteiger partial charge in [0, 0.05) is 38.3 Å². The number of rotatable bonds is 7. The van der Waals surface area contributed by atoms with Crippen LogP contribution in [0.25, 0.3) is 0 Å². The van der Waals surface area contributed by atoms with Gasteiger partial charge in [0.05, 0.1) is 34.4 Å². The zero-order valence-corrected chi connectivity index (χ0v) is 18.7. The first-order valence-electron chi connectivity index (χ1n) is 10.6. The largest absolute Gasteiger partial charge is 0.442 e. The third kappa shape index (κ3) is 4.46. The van der Waals surface area contributed by atoms with E-state index in [4.69, 9.17) is 9.26 Å². The van der Waals surface area contributed by atoms with E-state index < -0.39 is 22.9 Å². The Labute approximate surface area is 197 Å². The number of aromatic nitrogens is 1. The molecule has 0 aliphatic carbocycles. The zero-order valence-electron chi connectivity index (χ0n) is 17.9. The maximum absolute atomic E-state index is 15.0. The van der Waals surface area contributed by atoms with Crippen molar-refractivity contribution in [2.45, 2.75) is 6.10 Å². The molecule has 3 aromatic rings. The molecule has 0 saturated carbocycles. The lowest BCUT2D eigenvalue weighted by Gasteiger charge is -2.36. The SMILES string of the molecule is O=C1O[C@@H](CNc2ccon2)CN1c1ccc(N2CCN(c3ccc([N+](=O)[O-])s3)CC2)c(F)c1. The molecule has 0 radical (unpaired) electrons. The fraction of sp³-hybridized carbons (Fsp3) is 0.333. The molecule has 34 heavy (non-hydrogen) atoms. The summed E-state index contributed by atoms with van der Waals surface area (Å²) < 4.78 is 25.1. The second-order valence-electron chi connectivity index (χ2n) is 7.86. The van der Waals surface area contributed by atoms with Crippen molar-refractivity contribution in [1.29, 1.82) is 0 Å². The predicted octanol–water partition coefficient (Wildman–Crippen LogP) is 3.55. The highest BCUT2D eigenvalue weighted by molar-refractivity contribution is 7.19. The van der Waals surface area contributed by atoms with Crippen LogP contribution in [0.1, 0.15) is 0 Å². The maximum atomic E-state index is 15.0. The van der Waals surface area contributed by atoms with E-state index in [-0.39, 0.29) is 11.5 Å². The predicted molar refractivity (Wildman–Crippen MR) is 124 cm³/mol. The number of anilines is 4. The van der Waals surface area contributed by atoms with Crippen molar-refractivity contribution < 1.29 is 23.4 Å². The molecule has 2 aliphatic rings. The number of thiophene rings is 1. The molecule has 2 fully saturated rings. The van der Waals surface area contributed by atoms with Crippen LogP contribution in [0.15, 0.2) is 47.2 Å². The number of amides is 1. The van der Waals surface area contributed by atoms with Gasteiger partial charge >= 0.3 is 11.1 Å². The molecule has 0 bridgehead atoms. The van der Waals surface area contributed by atoms with Gasteiger partial charge in [0.2, 0.25) is 0 Å². The van der Waals surface area contributed by atoms with Crippen LogP contribution in [0, 0.1) is 15.9 Å². The van der Waals surface area contributed by atoms with Gasteiger partial charge in [0.1, 0.15) is 18.2 Å². The van der Waals surface area contributed by atoms with Gasteiger partial charge in [-0.1, -0.05) is 5.16 Å². The molecule has 2 aliphatic heterocycles. The summed E-state index contributed by atoms with van der Waals surface area (Å²) >= 11 is 1.14. The van der Waals surface area contributed by atoms with Gasteiger partial charge in [-0.05, 0) is 35.6 Å². The Kier molecular flexibility index (Phi) is 5.92. The Bertz CT molecular complexity index is 1180. The van der Waals surface area contributed by atoms with E-state index in [0.717, 1.165) is 16.3 Å². The first-order chi connectivity index (χ1) is 16.5. The minimum Gasteiger partial charge on any atom is -0.442 e. The van der Waals surface area contributed by atoms with Gasteiger partial charge in [-0.25, -0.2) is 9.18 Å². The van der Waals surface area contributed by atoms with E-state index >= 15 is 4.39 Å². The number of cyclic esters (lactones) is 1. The van der Waals surface area contributed by atoms with Crippen LogP contribution >= 0.6 is 11.3 Å². The molecule has 11 nitrogen and oxygen atoms in total. The summed E-state index contributed by atoms with van der Waals surface area (Å²) in [6, 6.07) is 9.64. The second-order valence-corrected chi connectivity index (χ2v) is 8.90. The summed E-state index contributed by atoms with van der Waals surface area (Å²) in [5, 5.41) is 18.6. The van der Waals surface area contributed by atoms with Gasteiger partial charge in [0.15, 0.2) is 5.82 Å². The molecule has 2 saturated heterocycles. The summed E-state index contributed by atoms with van der Waals surface area (Å²) in [5.41, 5.74) is 0.886. The summed E-state index contributed by atoms with van der Waals surface area (Å²) in [4.78, 5) is 28.3. The highest BCUT2D eigenvalue weighted by Crippen LogP contribution is 2.33. The molecule has 1 atom stereocenters. The number of hydrogen-bond acceptors (Lipinski definition) is 10. The Morgan fingerprint density at radius 2 is 1.97 bits per heavy atom.